The molecule has 17 heavy (non-hydrogen) atoms. The van der Waals surface area contributed by atoms with Gasteiger partial charge in [0.15, 0.2) is 0 Å². The van der Waals surface area contributed by atoms with E-state index in [1.54, 1.807) is 12.1 Å². The highest BCUT2D eigenvalue weighted by Crippen LogP contribution is 2.23. The summed E-state index contributed by atoms with van der Waals surface area (Å²) in [6.45, 7) is 7.35. The number of piperidine rings is 1. The fourth-order valence-electron chi connectivity index (χ4n) is 2.85. The number of nitrogens with zero attached hydrogens (tertiary/aromatic N) is 1. The first kappa shape index (κ1) is 12.4. The number of likely N-dealkylation sites (tertiary alicyclic amines) is 1. The van der Waals surface area contributed by atoms with Crippen molar-refractivity contribution in [1.82, 2.24) is 4.90 Å². The summed E-state index contributed by atoms with van der Waals surface area (Å²) in [6.07, 6.45) is 1.28. The summed E-state index contributed by atoms with van der Waals surface area (Å²) >= 11 is 0. The maximum Gasteiger partial charge on any atom is 0.129 e. The molecule has 0 spiro atoms. The first-order valence-electron chi connectivity index (χ1n) is 6.31. The van der Waals surface area contributed by atoms with Gasteiger partial charge in [-0.25, -0.2) is 4.39 Å². The molecule has 2 unspecified atom stereocenters. The molecule has 0 radical (unpaired) electrons. The highest BCUT2D eigenvalue weighted by molar-refractivity contribution is 5.40. The van der Waals surface area contributed by atoms with Gasteiger partial charge in [-0.1, -0.05) is 19.9 Å². The zero-order valence-corrected chi connectivity index (χ0v) is 10.6. The van der Waals surface area contributed by atoms with Gasteiger partial charge < -0.3 is 5.73 Å². The SMILES string of the molecule is CC1CC(C)CN(Cc2ccc(N)cc2F)C1. The molecule has 1 aliphatic rings. The van der Waals surface area contributed by atoms with Crippen molar-refractivity contribution in [3.8, 4) is 0 Å². The van der Waals surface area contributed by atoms with E-state index in [1.165, 1.54) is 12.5 Å². The van der Waals surface area contributed by atoms with Crippen LogP contribution in [0.4, 0.5) is 10.1 Å². The summed E-state index contributed by atoms with van der Waals surface area (Å²) < 4.78 is 13.7. The number of hydrogen-bond donors (Lipinski definition) is 1. The molecular formula is C14H21FN2. The van der Waals surface area contributed by atoms with Crippen LogP contribution in [0.2, 0.25) is 0 Å². The number of hydrogen-bond acceptors (Lipinski definition) is 2. The minimum Gasteiger partial charge on any atom is -0.399 e. The van der Waals surface area contributed by atoms with Crippen molar-refractivity contribution in [2.24, 2.45) is 11.8 Å². The first-order valence-corrected chi connectivity index (χ1v) is 6.31. The Morgan fingerprint density at radius 2 is 1.94 bits per heavy atom. The predicted octanol–water partition coefficient (Wildman–Crippen LogP) is 2.89. The molecule has 0 aliphatic carbocycles. The minimum absolute atomic E-state index is 0.184. The van der Waals surface area contributed by atoms with Gasteiger partial charge in [-0.05, 0) is 30.4 Å². The van der Waals surface area contributed by atoms with E-state index in [2.05, 4.69) is 18.7 Å². The van der Waals surface area contributed by atoms with Crippen molar-refractivity contribution >= 4 is 5.69 Å². The van der Waals surface area contributed by atoms with Crippen molar-refractivity contribution in [3.63, 3.8) is 0 Å². The van der Waals surface area contributed by atoms with Crippen LogP contribution < -0.4 is 5.73 Å². The van der Waals surface area contributed by atoms with E-state index in [9.17, 15) is 4.39 Å². The third-order valence-electron chi connectivity index (χ3n) is 3.42. The Bertz CT molecular complexity index is 382. The molecule has 0 aromatic heterocycles. The lowest BCUT2D eigenvalue weighted by molar-refractivity contribution is 0.133. The van der Waals surface area contributed by atoms with E-state index in [1.807, 2.05) is 0 Å². The lowest BCUT2D eigenvalue weighted by Crippen LogP contribution is -2.38. The van der Waals surface area contributed by atoms with Crippen LogP contribution in [0.5, 0.6) is 0 Å². The van der Waals surface area contributed by atoms with Crippen LogP contribution in [0.15, 0.2) is 18.2 Å². The van der Waals surface area contributed by atoms with Crippen LogP contribution in [0.3, 0.4) is 0 Å². The number of benzene rings is 1. The third-order valence-corrected chi connectivity index (χ3v) is 3.42. The quantitative estimate of drug-likeness (QED) is 0.800. The lowest BCUT2D eigenvalue weighted by atomic mass is 9.91. The topological polar surface area (TPSA) is 29.3 Å². The van der Waals surface area contributed by atoms with Crippen molar-refractivity contribution in [1.29, 1.82) is 0 Å². The lowest BCUT2D eigenvalue weighted by Gasteiger charge is -2.35. The molecule has 1 heterocycles. The van der Waals surface area contributed by atoms with E-state index in [0.29, 0.717) is 24.1 Å². The van der Waals surface area contributed by atoms with Gasteiger partial charge in [0.1, 0.15) is 5.82 Å². The van der Waals surface area contributed by atoms with Crippen molar-refractivity contribution in [2.45, 2.75) is 26.8 Å². The number of rotatable bonds is 2. The molecule has 1 fully saturated rings. The van der Waals surface area contributed by atoms with E-state index in [4.69, 9.17) is 5.73 Å². The summed E-state index contributed by atoms with van der Waals surface area (Å²) in [5.74, 6) is 1.22. The minimum atomic E-state index is -0.184. The molecule has 2 N–H and O–H groups in total. The second kappa shape index (κ2) is 5.05. The van der Waals surface area contributed by atoms with Crippen molar-refractivity contribution in [2.75, 3.05) is 18.8 Å². The van der Waals surface area contributed by atoms with Crippen LogP contribution in [0, 0.1) is 17.7 Å². The van der Waals surface area contributed by atoms with Gasteiger partial charge in [-0.3, -0.25) is 4.90 Å². The van der Waals surface area contributed by atoms with Crippen LogP contribution in [-0.4, -0.2) is 18.0 Å². The number of anilines is 1. The summed E-state index contributed by atoms with van der Waals surface area (Å²) in [7, 11) is 0. The van der Waals surface area contributed by atoms with Crippen molar-refractivity contribution in [3.05, 3.63) is 29.6 Å². The molecule has 0 bridgehead atoms. The molecular weight excluding hydrogens is 215 g/mol. The molecule has 0 saturated carbocycles. The molecule has 2 atom stereocenters. The average Bonchev–Trinajstić information content (AvgIpc) is 2.21. The summed E-state index contributed by atoms with van der Waals surface area (Å²) in [4.78, 5) is 2.34. The largest absolute Gasteiger partial charge is 0.399 e. The first-order chi connectivity index (χ1) is 8.04. The van der Waals surface area contributed by atoms with Gasteiger partial charge in [0.25, 0.3) is 0 Å². The Morgan fingerprint density at radius 1 is 1.29 bits per heavy atom. The van der Waals surface area contributed by atoms with E-state index in [0.717, 1.165) is 18.7 Å². The van der Waals surface area contributed by atoms with Crippen LogP contribution in [-0.2, 0) is 6.54 Å². The standard InChI is InChI=1S/C14H21FN2/c1-10-5-11(2)8-17(7-10)9-12-3-4-13(16)6-14(12)15/h3-4,6,10-11H,5,7-9,16H2,1-2H3. The van der Waals surface area contributed by atoms with Gasteiger partial charge in [0.2, 0.25) is 0 Å². The maximum absolute atomic E-state index is 13.7. The summed E-state index contributed by atoms with van der Waals surface area (Å²) in [5.41, 5.74) is 6.79. The molecule has 2 nitrogen and oxygen atoms in total. The fourth-order valence-corrected chi connectivity index (χ4v) is 2.85. The summed E-state index contributed by atoms with van der Waals surface area (Å²) in [6, 6.07) is 4.98. The molecule has 1 aromatic rings. The smallest absolute Gasteiger partial charge is 0.129 e. The normalized spacial score (nSPS) is 26.1. The summed E-state index contributed by atoms with van der Waals surface area (Å²) in [5, 5.41) is 0. The Balaban J connectivity index is 2.04. The second-order valence-corrected chi connectivity index (χ2v) is 5.49. The Kier molecular flexibility index (Phi) is 3.67. The van der Waals surface area contributed by atoms with Gasteiger partial charge >= 0.3 is 0 Å². The average molecular weight is 236 g/mol. The second-order valence-electron chi connectivity index (χ2n) is 5.49. The molecule has 94 valence electrons. The van der Waals surface area contributed by atoms with Gasteiger partial charge in [-0.2, -0.15) is 0 Å². The fraction of sp³-hybridized carbons (Fsp3) is 0.571. The van der Waals surface area contributed by atoms with Gasteiger partial charge in [-0.15, -0.1) is 0 Å². The molecule has 2 rings (SSSR count). The predicted molar refractivity (Wildman–Crippen MR) is 69.0 cm³/mol. The van der Waals surface area contributed by atoms with Crippen LogP contribution in [0.25, 0.3) is 0 Å². The molecule has 1 aliphatic heterocycles. The van der Waals surface area contributed by atoms with Gasteiger partial charge in [0.05, 0.1) is 0 Å². The Morgan fingerprint density at radius 3 is 2.53 bits per heavy atom. The van der Waals surface area contributed by atoms with E-state index in [-0.39, 0.29) is 5.82 Å². The molecule has 3 heteroatoms. The van der Waals surface area contributed by atoms with Crippen LogP contribution in [0.1, 0.15) is 25.8 Å². The molecule has 1 aromatic carbocycles. The molecule has 0 amide bonds. The zero-order chi connectivity index (χ0) is 12.4. The highest BCUT2D eigenvalue weighted by atomic mass is 19.1. The maximum atomic E-state index is 13.7. The Labute approximate surface area is 103 Å². The van der Waals surface area contributed by atoms with Crippen molar-refractivity contribution < 1.29 is 4.39 Å². The number of nitrogens with two attached hydrogens (primary N) is 1. The number of halogens is 1. The van der Waals surface area contributed by atoms with Crippen LogP contribution >= 0.6 is 0 Å². The van der Waals surface area contributed by atoms with Gasteiger partial charge in [0, 0.05) is 30.9 Å². The van der Waals surface area contributed by atoms with E-state index >= 15 is 0 Å². The Hall–Kier alpha value is -1.09. The molecule has 1 saturated heterocycles. The monoisotopic (exact) mass is 236 g/mol. The highest BCUT2D eigenvalue weighted by Gasteiger charge is 2.22. The zero-order valence-electron chi connectivity index (χ0n) is 10.6. The van der Waals surface area contributed by atoms with E-state index < -0.39 is 0 Å². The number of nitrogen functional groups attached to an aromatic ring is 1. The third kappa shape index (κ3) is 3.19.